The number of hydrogen-bond acceptors (Lipinski definition) is 1. The van der Waals surface area contributed by atoms with E-state index < -0.39 is 35.0 Å². The maximum Gasteiger partial charge on any atom is 0.454 e. The van der Waals surface area contributed by atoms with Gasteiger partial charge in [0.15, 0.2) is 17.5 Å². The van der Waals surface area contributed by atoms with Crippen LogP contribution in [-0.2, 0) is 0 Å². The van der Waals surface area contributed by atoms with Crippen LogP contribution >= 0.6 is 0 Å². The molecule has 0 aliphatic heterocycles. The minimum atomic E-state index is -5.25. The van der Waals surface area contributed by atoms with Gasteiger partial charge in [0.25, 0.3) is 5.78 Å². The molecule has 0 aliphatic carbocycles. The monoisotopic (exact) mass is 228 g/mol. The average molecular weight is 228 g/mol. The molecule has 0 radical (unpaired) electrons. The molecule has 0 saturated carbocycles. The Balaban J connectivity index is 3.24. The minimum absolute atomic E-state index is 0.00572. The van der Waals surface area contributed by atoms with Gasteiger partial charge in [-0.1, -0.05) is 0 Å². The number of Topliss-reactive ketones (excluding diaryl/α,β-unsaturated/α-hetero) is 1. The van der Waals surface area contributed by atoms with Crippen molar-refractivity contribution in [3.05, 3.63) is 35.1 Å². The standard InChI is InChI=1S/C8H2F6O/c9-4-1-3(2-5(10)6(4)11)7(15)8(12,13)14/h1-2H. The molecule has 0 bridgehead atoms. The lowest BCUT2D eigenvalue weighted by molar-refractivity contribution is -0.0885. The van der Waals surface area contributed by atoms with E-state index in [1.807, 2.05) is 0 Å². The maximum atomic E-state index is 12.5. The molecule has 0 unspecified atom stereocenters. The Labute approximate surface area is 79.3 Å². The zero-order valence-electron chi connectivity index (χ0n) is 6.83. The van der Waals surface area contributed by atoms with Gasteiger partial charge in [-0.05, 0) is 12.1 Å². The quantitative estimate of drug-likeness (QED) is 0.410. The highest BCUT2D eigenvalue weighted by Crippen LogP contribution is 2.23. The molecular formula is C8H2F6O. The highest BCUT2D eigenvalue weighted by atomic mass is 19.4. The van der Waals surface area contributed by atoms with Crippen LogP contribution in [0.5, 0.6) is 0 Å². The molecule has 82 valence electrons. The van der Waals surface area contributed by atoms with Crippen LogP contribution in [0, 0.1) is 17.5 Å². The Morgan fingerprint density at radius 3 is 1.73 bits per heavy atom. The lowest BCUT2D eigenvalue weighted by atomic mass is 10.1. The summed E-state index contributed by atoms with van der Waals surface area (Å²) in [5.41, 5.74) is -1.28. The van der Waals surface area contributed by atoms with E-state index >= 15 is 0 Å². The number of carbonyl (C=O) groups is 1. The number of hydrogen-bond donors (Lipinski definition) is 0. The number of rotatable bonds is 1. The SMILES string of the molecule is O=C(c1cc(F)c(F)c(F)c1)C(F)(F)F. The fourth-order valence-electron chi connectivity index (χ4n) is 0.850. The predicted molar refractivity (Wildman–Crippen MR) is 36.7 cm³/mol. The molecule has 0 aliphatic rings. The second-order valence-electron chi connectivity index (χ2n) is 2.58. The molecular weight excluding hydrogens is 226 g/mol. The van der Waals surface area contributed by atoms with E-state index in [0.29, 0.717) is 0 Å². The van der Waals surface area contributed by atoms with Gasteiger partial charge < -0.3 is 0 Å². The van der Waals surface area contributed by atoms with E-state index in [0.717, 1.165) is 0 Å². The molecule has 0 saturated heterocycles. The molecule has 0 heterocycles. The smallest absolute Gasteiger partial charge is 0.284 e. The Bertz CT molecular complexity index is 385. The van der Waals surface area contributed by atoms with Gasteiger partial charge in [0, 0.05) is 5.56 Å². The van der Waals surface area contributed by atoms with Crippen LogP contribution in [0.15, 0.2) is 12.1 Å². The second-order valence-corrected chi connectivity index (χ2v) is 2.58. The van der Waals surface area contributed by atoms with Crippen LogP contribution in [-0.4, -0.2) is 12.0 Å². The molecule has 0 aromatic heterocycles. The third-order valence-electron chi connectivity index (χ3n) is 1.50. The molecule has 0 atom stereocenters. The van der Waals surface area contributed by atoms with Crippen LogP contribution < -0.4 is 0 Å². The van der Waals surface area contributed by atoms with Crippen LogP contribution in [0.2, 0.25) is 0 Å². The van der Waals surface area contributed by atoms with E-state index in [9.17, 15) is 31.1 Å². The molecule has 1 rings (SSSR count). The van der Waals surface area contributed by atoms with Crippen molar-refractivity contribution in [1.82, 2.24) is 0 Å². The largest absolute Gasteiger partial charge is 0.454 e. The van der Waals surface area contributed by atoms with Crippen molar-refractivity contribution in [2.75, 3.05) is 0 Å². The number of carbonyl (C=O) groups excluding carboxylic acids is 1. The van der Waals surface area contributed by atoms with Crippen molar-refractivity contribution in [3.63, 3.8) is 0 Å². The molecule has 15 heavy (non-hydrogen) atoms. The highest BCUT2D eigenvalue weighted by Gasteiger charge is 2.39. The van der Waals surface area contributed by atoms with E-state index in [1.165, 1.54) is 0 Å². The summed E-state index contributed by atoms with van der Waals surface area (Å²) in [4.78, 5) is 10.5. The van der Waals surface area contributed by atoms with E-state index in [-0.39, 0.29) is 12.1 Å². The van der Waals surface area contributed by atoms with Gasteiger partial charge in [0.05, 0.1) is 0 Å². The minimum Gasteiger partial charge on any atom is -0.284 e. The fraction of sp³-hybridized carbons (Fsp3) is 0.125. The Morgan fingerprint density at radius 2 is 1.40 bits per heavy atom. The zero-order chi connectivity index (χ0) is 11.8. The topological polar surface area (TPSA) is 17.1 Å². The van der Waals surface area contributed by atoms with Crippen molar-refractivity contribution in [1.29, 1.82) is 0 Å². The fourth-order valence-corrected chi connectivity index (χ4v) is 0.850. The van der Waals surface area contributed by atoms with Crippen molar-refractivity contribution >= 4 is 5.78 Å². The summed E-state index contributed by atoms with van der Waals surface area (Å²) in [6.45, 7) is 0. The first-order valence-corrected chi connectivity index (χ1v) is 3.49. The van der Waals surface area contributed by atoms with Gasteiger partial charge >= 0.3 is 6.18 Å². The summed E-state index contributed by atoms with van der Waals surface area (Å²) in [6, 6.07) is -0.0114. The molecule has 1 aromatic rings. The Kier molecular flexibility index (Phi) is 2.74. The summed E-state index contributed by atoms with van der Waals surface area (Å²) in [5, 5.41) is 0. The maximum absolute atomic E-state index is 12.5. The first kappa shape index (κ1) is 11.5. The second kappa shape index (κ2) is 3.56. The third-order valence-corrected chi connectivity index (χ3v) is 1.50. The summed E-state index contributed by atoms with van der Waals surface area (Å²) in [5.74, 6) is -8.04. The zero-order valence-corrected chi connectivity index (χ0v) is 6.83. The van der Waals surface area contributed by atoms with E-state index in [4.69, 9.17) is 0 Å². The molecule has 0 amide bonds. The average Bonchev–Trinajstić information content (AvgIpc) is 2.10. The van der Waals surface area contributed by atoms with Crippen molar-refractivity contribution < 1.29 is 31.1 Å². The van der Waals surface area contributed by atoms with Gasteiger partial charge in [-0.25, -0.2) is 13.2 Å². The number of halogens is 6. The van der Waals surface area contributed by atoms with Gasteiger partial charge in [-0.3, -0.25) is 4.79 Å². The Morgan fingerprint density at radius 1 is 1.00 bits per heavy atom. The first-order valence-electron chi connectivity index (χ1n) is 3.49. The molecule has 7 heteroatoms. The first-order chi connectivity index (χ1) is 6.73. The molecule has 0 fully saturated rings. The van der Waals surface area contributed by atoms with Crippen molar-refractivity contribution in [2.45, 2.75) is 6.18 Å². The lowest BCUT2D eigenvalue weighted by Crippen LogP contribution is -2.23. The molecule has 1 nitrogen and oxygen atoms in total. The van der Waals surface area contributed by atoms with Crippen LogP contribution in [0.25, 0.3) is 0 Å². The number of benzene rings is 1. The highest BCUT2D eigenvalue weighted by molar-refractivity contribution is 6.00. The van der Waals surface area contributed by atoms with E-state index in [2.05, 4.69) is 0 Å². The number of ketones is 1. The predicted octanol–water partition coefficient (Wildman–Crippen LogP) is 2.85. The number of alkyl halides is 3. The summed E-state index contributed by atoms with van der Waals surface area (Å²) in [7, 11) is 0. The molecule has 0 spiro atoms. The van der Waals surface area contributed by atoms with Crippen LogP contribution in [0.4, 0.5) is 26.3 Å². The Hall–Kier alpha value is -1.53. The summed E-state index contributed by atoms with van der Waals surface area (Å²) >= 11 is 0. The van der Waals surface area contributed by atoms with Crippen LogP contribution in [0.3, 0.4) is 0 Å². The summed E-state index contributed by atoms with van der Waals surface area (Å²) in [6.07, 6.45) is -5.25. The summed E-state index contributed by atoms with van der Waals surface area (Å²) < 4.78 is 72.7. The molecule has 1 aromatic carbocycles. The van der Waals surface area contributed by atoms with Gasteiger partial charge in [-0.15, -0.1) is 0 Å². The van der Waals surface area contributed by atoms with Gasteiger partial charge in [0.2, 0.25) is 0 Å². The normalized spacial score (nSPS) is 11.6. The molecule has 0 N–H and O–H groups in total. The van der Waals surface area contributed by atoms with Crippen LogP contribution in [0.1, 0.15) is 10.4 Å². The lowest BCUT2D eigenvalue weighted by Gasteiger charge is -2.05. The third kappa shape index (κ3) is 2.28. The van der Waals surface area contributed by atoms with Gasteiger partial charge in [0.1, 0.15) is 0 Å². The van der Waals surface area contributed by atoms with Crippen molar-refractivity contribution in [2.24, 2.45) is 0 Å². The van der Waals surface area contributed by atoms with Crippen molar-refractivity contribution in [3.8, 4) is 0 Å². The van der Waals surface area contributed by atoms with E-state index in [1.54, 1.807) is 0 Å². The van der Waals surface area contributed by atoms with Gasteiger partial charge in [-0.2, -0.15) is 13.2 Å².